The number of ketones is 1. The first-order chi connectivity index (χ1) is 15.9. The molecule has 2 aliphatic heterocycles. The Balaban J connectivity index is 0.000000340. The number of hydrogen-bond acceptors (Lipinski definition) is 6. The van der Waals surface area contributed by atoms with Gasteiger partial charge in [-0.1, -0.05) is 53.7 Å². The fourth-order valence-electron chi connectivity index (χ4n) is 4.96. The van der Waals surface area contributed by atoms with E-state index in [0.717, 1.165) is 44.9 Å². The number of rotatable bonds is 10. The molecule has 6 heteroatoms. The number of ether oxygens (including phenoxy) is 4. The lowest BCUT2D eigenvalue weighted by atomic mass is 9.74. The third kappa shape index (κ3) is 6.19. The van der Waals surface area contributed by atoms with E-state index in [1.54, 1.807) is 14.2 Å². The Morgan fingerprint density at radius 1 is 0.941 bits per heavy atom. The van der Waals surface area contributed by atoms with Crippen molar-refractivity contribution in [3.63, 3.8) is 0 Å². The van der Waals surface area contributed by atoms with Crippen LogP contribution in [0.25, 0.3) is 0 Å². The zero-order valence-corrected chi connectivity index (χ0v) is 22.9. The SMILES string of the molecule is C=CC[C@@H]1CCC(=O)[C@](OC)(C(C)(C)CC)O1.C=CC[C@@H]1CCC(O)[C@](OC)(C(C)(C)CC)O1. The van der Waals surface area contributed by atoms with Gasteiger partial charge in [0, 0.05) is 31.5 Å². The molecule has 0 amide bonds. The van der Waals surface area contributed by atoms with Crippen LogP contribution in [0.5, 0.6) is 0 Å². The summed E-state index contributed by atoms with van der Waals surface area (Å²) in [5.41, 5.74) is -0.542. The molecule has 0 bridgehead atoms. The van der Waals surface area contributed by atoms with E-state index in [9.17, 15) is 9.90 Å². The highest BCUT2D eigenvalue weighted by molar-refractivity contribution is 5.87. The Morgan fingerprint density at radius 2 is 1.47 bits per heavy atom. The maximum atomic E-state index is 12.2. The molecule has 2 saturated heterocycles. The van der Waals surface area contributed by atoms with Gasteiger partial charge in [-0.05, 0) is 44.9 Å². The molecule has 5 atom stereocenters. The molecule has 1 unspecified atom stereocenters. The van der Waals surface area contributed by atoms with Gasteiger partial charge in [-0.2, -0.15) is 0 Å². The van der Waals surface area contributed by atoms with Gasteiger partial charge in [-0.25, -0.2) is 0 Å². The normalized spacial score (nSPS) is 32.5. The first-order valence-electron chi connectivity index (χ1n) is 12.8. The monoisotopic (exact) mass is 482 g/mol. The number of aliphatic hydroxyl groups is 1. The van der Waals surface area contributed by atoms with Crippen molar-refractivity contribution < 1.29 is 28.8 Å². The van der Waals surface area contributed by atoms with Crippen LogP contribution in [0.4, 0.5) is 0 Å². The van der Waals surface area contributed by atoms with Crippen LogP contribution < -0.4 is 0 Å². The minimum Gasteiger partial charge on any atom is -0.387 e. The lowest BCUT2D eigenvalue weighted by Gasteiger charge is -2.52. The second kappa shape index (κ2) is 12.8. The Kier molecular flexibility index (Phi) is 11.6. The molecule has 198 valence electrons. The van der Waals surface area contributed by atoms with Gasteiger partial charge in [0.2, 0.25) is 5.79 Å². The smallest absolute Gasteiger partial charge is 0.234 e. The molecule has 0 aromatic rings. The number of aliphatic hydroxyl groups excluding tert-OH is 1. The number of methoxy groups -OCH3 is 2. The van der Waals surface area contributed by atoms with Crippen LogP contribution in [0.15, 0.2) is 25.3 Å². The molecule has 6 nitrogen and oxygen atoms in total. The highest BCUT2D eigenvalue weighted by atomic mass is 16.7. The highest BCUT2D eigenvalue weighted by Crippen LogP contribution is 2.46. The molecule has 0 radical (unpaired) electrons. The molecule has 0 aliphatic carbocycles. The topological polar surface area (TPSA) is 74.2 Å². The summed E-state index contributed by atoms with van der Waals surface area (Å²) < 4.78 is 23.2. The van der Waals surface area contributed by atoms with E-state index < -0.39 is 17.7 Å². The van der Waals surface area contributed by atoms with Crippen LogP contribution in [0.1, 0.15) is 92.9 Å². The van der Waals surface area contributed by atoms with Gasteiger partial charge in [-0.3, -0.25) is 4.79 Å². The molecule has 0 spiro atoms. The molecular weight excluding hydrogens is 432 g/mol. The lowest BCUT2D eigenvalue weighted by molar-refractivity contribution is -0.356. The van der Waals surface area contributed by atoms with Gasteiger partial charge in [0.25, 0.3) is 0 Å². The number of carbonyl (C=O) groups is 1. The molecule has 0 aromatic heterocycles. The zero-order chi connectivity index (χ0) is 26.2. The van der Waals surface area contributed by atoms with Crippen LogP contribution in [0, 0.1) is 10.8 Å². The van der Waals surface area contributed by atoms with Gasteiger partial charge < -0.3 is 24.1 Å². The molecule has 0 saturated carbocycles. The van der Waals surface area contributed by atoms with Gasteiger partial charge >= 0.3 is 0 Å². The number of carbonyl (C=O) groups excluding carboxylic acids is 1. The first kappa shape index (κ1) is 31.0. The number of hydrogen-bond donors (Lipinski definition) is 1. The standard InChI is InChI=1S/C14H26O3.C14H24O3/c2*1-6-8-11-9-10-12(15)14(16-5,17-11)13(3,4)7-2/h6,11-12,15H,1,7-10H2,2-5H3;6,11H,1,7-10H2,2-5H3/t11-,12?,14-;11-,14-/m11/s1. The van der Waals surface area contributed by atoms with Crippen molar-refractivity contribution in [1.29, 1.82) is 0 Å². The molecule has 34 heavy (non-hydrogen) atoms. The first-order valence-corrected chi connectivity index (χ1v) is 12.8. The Morgan fingerprint density at radius 3 is 1.91 bits per heavy atom. The highest BCUT2D eigenvalue weighted by Gasteiger charge is 2.55. The van der Waals surface area contributed by atoms with Crippen LogP contribution >= 0.6 is 0 Å². The fraction of sp³-hybridized carbons (Fsp3) is 0.821. The minimum atomic E-state index is -1.09. The zero-order valence-electron chi connectivity index (χ0n) is 22.9. The summed E-state index contributed by atoms with van der Waals surface area (Å²) in [5, 5.41) is 10.3. The average Bonchev–Trinajstić information content (AvgIpc) is 2.82. The quantitative estimate of drug-likeness (QED) is 0.387. The minimum absolute atomic E-state index is 0.0379. The molecule has 1 N–H and O–H groups in total. The summed E-state index contributed by atoms with van der Waals surface area (Å²) in [4.78, 5) is 12.2. The molecule has 2 fully saturated rings. The van der Waals surface area contributed by atoms with E-state index in [4.69, 9.17) is 18.9 Å². The molecule has 0 aromatic carbocycles. The van der Waals surface area contributed by atoms with Crippen molar-refractivity contribution in [2.24, 2.45) is 10.8 Å². The summed E-state index contributed by atoms with van der Waals surface area (Å²) in [6.45, 7) is 19.8. The van der Waals surface area contributed by atoms with Gasteiger partial charge in [-0.15, -0.1) is 13.2 Å². The van der Waals surface area contributed by atoms with Gasteiger partial charge in [0.05, 0.1) is 12.2 Å². The van der Waals surface area contributed by atoms with Gasteiger partial charge in [0.15, 0.2) is 11.6 Å². The third-order valence-electron chi connectivity index (χ3n) is 7.99. The van der Waals surface area contributed by atoms with E-state index in [1.807, 2.05) is 26.0 Å². The third-order valence-corrected chi connectivity index (χ3v) is 7.99. The van der Waals surface area contributed by atoms with Crippen LogP contribution in [-0.4, -0.2) is 55.0 Å². The van der Waals surface area contributed by atoms with Crippen molar-refractivity contribution in [1.82, 2.24) is 0 Å². The second-order valence-corrected chi connectivity index (χ2v) is 10.8. The maximum Gasteiger partial charge on any atom is 0.234 e. The van der Waals surface area contributed by atoms with Gasteiger partial charge in [0.1, 0.15) is 6.10 Å². The van der Waals surface area contributed by atoms with Crippen LogP contribution in [0.2, 0.25) is 0 Å². The molecule has 2 heterocycles. The van der Waals surface area contributed by atoms with E-state index in [1.165, 1.54) is 0 Å². The van der Waals surface area contributed by atoms with Crippen LogP contribution in [0.3, 0.4) is 0 Å². The summed E-state index contributed by atoms with van der Waals surface area (Å²) in [7, 11) is 3.18. The maximum absolute atomic E-state index is 12.2. The average molecular weight is 483 g/mol. The van der Waals surface area contributed by atoms with E-state index in [-0.39, 0.29) is 28.8 Å². The summed E-state index contributed by atoms with van der Waals surface area (Å²) in [6, 6.07) is 0. The van der Waals surface area contributed by atoms with Crippen molar-refractivity contribution in [2.45, 2.75) is 123 Å². The number of Topliss-reactive ketones (excluding diaryl/α,β-unsaturated/α-hetero) is 1. The van der Waals surface area contributed by atoms with Crippen molar-refractivity contribution >= 4 is 5.78 Å². The van der Waals surface area contributed by atoms with Crippen LogP contribution in [-0.2, 0) is 23.7 Å². The fourth-order valence-corrected chi connectivity index (χ4v) is 4.96. The lowest BCUT2D eigenvalue weighted by Crippen LogP contribution is -2.61. The van der Waals surface area contributed by atoms with Crippen molar-refractivity contribution in [3.05, 3.63) is 25.3 Å². The second-order valence-electron chi connectivity index (χ2n) is 10.8. The largest absolute Gasteiger partial charge is 0.387 e. The Hall–Kier alpha value is -1.05. The van der Waals surface area contributed by atoms with Crippen molar-refractivity contribution in [3.8, 4) is 0 Å². The molecular formula is C28H50O6. The van der Waals surface area contributed by atoms with E-state index >= 15 is 0 Å². The van der Waals surface area contributed by atoms with Crippen molar-refractivity contribution in [2.75, 3.05) is 14.2 Å². The molecule has 2 aliphatic rings. The predicted octanol–water partition coefficient (Wildman–Crippen LogP) is 5.97. The summed E-state index contributed by atoms with van der Waals surface area (Å²) >= 11 is 0. The Bertz CT molecular complexity index is 672. The summed E-state index contributed by atoms with van der Waals surface area (Å²) in [5.74, 6) is -1.92. The Labute approximate surface area is 208 Å². The van der Waals surface area contributed by atoms with E-state index in [0.29, 0.717) is 6.42 Å². The van der Waals surface area contributed by atoms with E-state index in [2.05, 4.69) is 40.9 Å². The predicted molar refractivity (Wildman–Crippen MR) is 136 cm³/mol. The molecule has 2 rings (SSSR count). The summed E-state index contributed by atoms with van der Waals surface area (Å²) in [6.07, 6.45) is 9.41.